The summed E-state index contributed by atoms with van der Waals surface area (Å²) in [5, 5.41) is -1.12. The summed E-state index contributed by atoms with van der Waals surface area (Å²) in [4.78, 5) is 36.4. The number of nitrogens with zero attached hydrogens (tertiary/aromatic N) is 1. The maximum atomic E-state index is 12.3. The van der Waals surface area contributed by atoms with Crippen molar-refractivity contribution in [2.75, 3.05) is 20.1 Å². The molecule has 0 saturated carbocycles. The molecule has 2 fully saturated rings. The summed E-state index contributed by atoms with van der Waals surface area (Å²) in [5.74, 6) is -0.880. The Balaban J connectivity index is 2.01. The monoisotopic (exact) mass is 343 g/mol. The molecule has 1 unspecified atom stereocenters. The van der Waals surface area contributed by atoms with Crippen LogP contribution in [0.2, 0.25) is 5.31 Å². The Morgan fingerprint density at radius 2 is 1.80 bits per heavy atom. The number of carbonyl (C=O) groups excluding carboxylic acids is 3. The number of rotatable bonds is 7. The number of allylic oxidation sites excluding steroid dienone is 1. The number of aryl methyl sites for hydroxylation is 1. The van der Waals surface area contributed by atoms with Crippen LogP contribution in [0.25, 0.3) is 0 Å². The van der Waals surface area contributed by atoms with Gasteiger partial charge in [-0.05, 0) is 18.4 Å². The van der Waals surface area contributed by atoms with Crippen molar-refractivity contribution in [3.8, 4) is 0 Å². The maximum Gasteiger partial charge on any atom is 0.597 e. The highest BCUT2D eigenvalue weighted by Gasteiger charge is 2.74. The molecule has 7 heteroatoms. The Hall–Kier alpha value is -2.41. The predicted molar refractivity (Wildman–Crippen MR) is 92.2 cm³/mol. The largest absolute Gasteiger partial charge is 0.599 e. The quantitative estimate of drug-likeness (QED) is 0.428. The van der Waals surface area contributed by atoms with E-state index in [9.17, 15) is 14.4 Å². The lowest BCUT2D eigenvalue weighted by Crippen LogP contribution is -2.67. The van der Waals surface area contributed by atoms with Gasteiger partial charge in [0.05, 0.1) is 5.31 Å². The van der Waals surface area contributed by atoms with Crippen molar-refractivity contribution in [3.05, 3.63) is 48.6 Å². The van der Waals surface area contributed by atoms with Gasteiger partial charge in [-0.25, -0.2) is 0 Å². The van der Waals surface area contributed by atoms with Gasteiger partial charge < -0.3 is 18.5 Å². The van der Waals surface area contributed by atoms with Crippen molar-refractivity contribution in [3.63, 3.8) is 0 Å². The van der Waals surface area contributed by atoms with Crippen LogP contribution >= 0.6 is 0 Å². The van der Waals surface area contributed by atoms with E-state index < -0.39 is 23.9 Å². The molecule has 6 nitrogen and oxygen atoms in total. The van der Waals surface area contributed by atoms with E-state index in [1.807, 2.05) is 30.3 Å². The van der Waals surface area contributed by atoms with E-state index in [2.05, 4.69) is 6.58 Å². The first-order chi connectivity index (χ1) is 11.9. The standard InChI is InChI=1S/C18H22BNO5/c1-3-10-18(14-21,11-9-15-7-5-4-6-8-15)19-20(2,12-16(22)24-19)13-17(23)25-19/h3-8,14H,1,9-13H2,2H3. The maximum absolute atomic E-state index is 12.3. The molecule has 2 heterocycles. The van der Waals surface area contributed by atoms with Crippen molar-refractivity contribution >= 4 is 24.9 Å². The van der Waals surface area contributed by atoms with Gasteiger partial charge >= 0.3 is 18.6 Å². The number of quaternary nitrogens is 1. The van der Waals surface area contributed by atoms with Crippen LogP contribution in [-0.2, 0) is 30.1 Å². The van der Waals surface area contributed by atoms with Crippen LogP contribution in [0.3, 0.4) is 0 Å². The molecule has 25 heavy (non-hydrogen) atoms. The minimum atomic E-state index is -2.47. The fourth-order valence-electron chi connectivity index (χ4n) is 4.37. The molecule has 2 aliphatic rings. The SMILES string of the molecule is C=CCC(C=O)(CCc1ccccc1)[B-]12OC(=O)C[N+]1(C)CC(=O)O2. The lowest BCUT2D eigenvalue weighted by Gasteiger charge is -2.49. The smallest absolute Gasteiger partial charge is 0.597 e. The Labute approximate surface area is 147 Å². The molecule has 1 atom stereocenters. The van der Waals surface area contributed by atoms with Crippen molar-refractivity contribution in [1.29, 1.82) is 0 Å². The molecular formula is C18H22BNO5. The summed E-state index contributed by atoms with van der Waals surface area (Å²) in [5.41, 5.74) is 1.06. The number of aldehydes is 1. The van der Waals surface area contributed by atoms with Gasteiger partial charge in [-0.15, -0.1) is 6.58 Å². The first-order valence-corrected chi connectivity index (χ1v) is 8.43. The van der Waals surface area contributed by atoms with Crippen LogP contribution in [0.5, 0.6) is 0 Å². The number of benzene rings is 1. The second-order valence-corrected chi connectivity index (χ2v) is 7.28. The molecule has 1 aromatic carbocycles. The van der Waals surface area contributed by atoms with E-state index in [1.165, 1.54) is 0 Å². The molecule has 0 N–H and O–H groups in total. The van der Waals surface area contributed by atoms with Crippen LogP contribution < -0.4 is 0 Å². The summed E-state index contributed by atoms with van der Waals surface area (Å²) < 4.78 is 11.2. The van der Waals surface area contributed by atoms with Crippen LogP contribution in [-0.4, -0.2) is 49.4 Å². The first kappa shape index (κ1) is 17.4. The van der Waals surface area contributed by atoms with Crippen molar-refractivity contribution in [2.45, 2.75) is 24.6 Å². The Bertz CT molecular complexity index is 699. The van der Waals surface area contributed by atoms with E-state index in [-0.39, 0.29) is 23.9 Å². The average Bonchev–Trinajstić information content (AvgIpc) is 2.96. The van der Waals surface area contributed by atoms with Crippen LogP contribution in [0.4, 0.5) is 0 Å². The van der Waals surface area contributed by atoms with Gasteiger partial charge in [-0.1, -0.05) is 42.8 Å². The Kier molecular flexibility index (Phi) is 4.28. The minimum absolute atomic E-state index is 0.000956. The molecule has 1 aromatic rings. The van der Waals surface area contributed by atoms with Gasteiger partial charge in [0.25, 0.3) is 0 Å². The third kappa shape index (κ3) is 2.59. The third-order valence-corrected chi connectivity index (χ3v) is 5.59. The van der Waals surface area contributed by atoms with Gasteiger partial charge in [-0.2, -0.15) is 0 Å². The molecule has 2 aliphatic heterocycles. The molecule has 0 radical (unpaired) electrons. The number of fused-ring (bicyclic) bond motifs is 1. The zero-order valence-corrected chi connectivity index (χ0v) is 14.3. The first-order valence-electron chi connectivity index (χ1n) is 8.43. The predicted octanol–water partition coefficient (Wildman–Crippen LogP) is 1.63. The summed E-state index contributed by atoms with van der Waals surface area (Å²) in [6, 6.07) is 9.74. The Morgan fingerprint density at radius 1 is 1.20 bits per heavy atom. The van der Waals surface area contributed by atoms with E-state index in [0.29, 0.717) is 12.8 Å². The molecule has 0 aliphatic carbocycles. The van der Waals surface area contributed by atoms with E-state index in [4.69, 9.17) is 9.31 Å². The zero-order valence-electron chi connectivity index (χ0n) is 14.3. The lowest BCUT2D eigenvalue weighted by atomic mass is 9.42. The topological polar surface area (TPSA) is 69.7 Å². The van der Waals surface area contributed by atoms with Gasteiger partial charge in [0, 0.05) is 7.05 Å². The van der Waals surface area contributed by atoms with Gasteiger partial charge in [-0.3, -0.25) is 9.59 Å². The molecule has 2 saturated heterocycles. The normalized spacial score (nSPS) is 30.1. The lowest BCUT2D eigenvalue weighted by molar-refractivity contribution is -0.795. The van der Waals surface area contributed by atoms with Gasteiger partial charge in [0.15, 0.2) is 0 Å². The zero-order chi connectivity index (χ0) is 18.1. The molecular weight excluding hydrogens is 321 g/mol. The van der Waals surface area contributed by atoms with E-state index >= 15 is 0 Å². The number of hydrogen-bond acceptors (Lipinski definition) is 5. The minimum Gasteiger partial charge on any atom is -0.599 e. The summed E-state index contributed by atoms with van der Waals surface area (Å²) in [7, 11) is 1.75. The van der Waals surface area contributed by atoms with Crippen molar-refractivity contribution in [1.82, 2.24) is 0 Å². The fraction of sp³-hybridized carbons (Fsp3) is 0.389. The van der Waals surface area contributed by atoms with Crippen molar-refractivity contribution in [2.24, 2.45) is 0 Å². The second-order valence-electron chi connectivity index (χ2n) is 7.28. The molecule has 0 amide bonds. The number of carbonyl (C=O) groups is 3. The Morgan fingerprint density at radius 3 is 2.32 bits per heavy atom. The summed E-state index contributed by atoms with van der Waals surface area (Å²) in [6.07, 6.45) is 3.70. The highest BCUT2D eigenvalue weighted by Crippen LogP contribution is 2.53. The summed E-state index contributed by atoms with van der Waals surface area (Å²) in [6.45, 7) is 1.35. The highest BCUT2D eigenvalue weighted by molar-refractivity contribution is 6.72. The number of likely N-dealkylation sites (N-methyl/N-ethyl adjacent to an activating group) is 1. The van der Waals surface area contributed by atoms with Gasteiger partial charge in [0.1, 0.15) is 19.4 Å². The second kappa shape index (κ2) is 6.15. The summed E-state index contributed by atoms with van der Waals surface area (Å²) >= 11 is 0. The molecule has 0 bridgehead atoms. The van der Waals surface area contributed by atoms with Crippen molar-refractivity contribution < 1.29 is 28.1 Å². The average molecular weight is 343 g/mol. The van der Waals surface area contributed by atoms with Crippen LogP contribution in [0.15, 0.2) is 43.0 Å². The molecule has 132 valence electrons. The van der Waals surface area contributed by atoms with Crippen LogP contribution in [0, 0.1) is 0 Å². The molecule has 0 spiro atoms. The molecule has 0 aromatic heterocycles. The molecule has 3 rings (SSSR count). The number of hydrogen-bond donors (Lipinski definition) is 0. The van der Waals surface area contributed by atoms with Gasteiger partial charge in [0.2, 0.25) is 0 Å². The van der Waals surface area contributed by atoms with E-state index in [1.54, 1.807) is 13.1 Å². The third-order valence-electron chi connectivity index (χ3n) is 5.59. The highest BCUT2D eigenvalue weighted by atomic mass is 16.7. The van der Waals surface area contributed by atoms with Crippen LogP contribution in [0.1, 0.15) is 18.4 Å². The fourth-order valence-corrected chi connectivity index (χ4v) is 4.37. The van der Waals surface area contributed by atoms with E-state index in [0.717, 1.165) is 11.8 Å².